The number of likely N-dealkylation sites (tertiary alicyclic amines) is 1. The van der Waals surface area contributed by atoms with Gasteiger partial charge in [-0.25, -0.2) is 9.78 Å². The van der Waals surface area contributed by atoms with Crippen molar-refractivity contribution >= 4 is 6.03 Å². The molecule has 0 saturated carbocycles. The highest BCUT2D eigenvalue weighted by Gasteiger charge is 2.28. The van der Waals surface area contributed by atoms with Crippen LogP contribution in [0.3, 0.4) is 0 Å². The lowest BCUT2D eigenvalue weighted by Gasteiger charge is -2.31. The summed E-state index contributed by atoms with van der Waals surface area (Å²) in [4.78, 5) is 23.2. The largest absolute Gasteiger partial charge is 0.339 e. The number of carbonyl (C=O) groups excluding carboxylic acids is 1. The minimum atomic E-state index is -0.00959. The van der Waals surface area contributed by atoms with Gasteiger partial charge in [-0.15, -0.1) is 0 Å². The first-order valence-electron chi connectivity index (χ1n) is 9.94. The zero-order chi connectivity index (χ0) is 19.2. The summed E-state index contributed by atoms with van der Waals surface area (Å²) >= 11 is 0. The van der Waals surface area contributed by atoms with E-state index in [9.17, 15) is 4.79 Å². The predicted molar refractivity (Wildman–Crippen MR) is 102 cm³/mol. The Labute approximate surface area is 160 Å². The molecule has 2 amide bonds. The van der Waals surface area contributed by atoms with Gasteiger partial charge in [-0.3, -0.25) is 0 Å². The lowest BCUT2D eigenvalue weighted by atomic mass is 9.98. The van der Waals surface area contributed by atoms with Crippen LogP contribution in [0.5, 0.6) is 0 Å². The van der Waals surface area contributed by atoms with E-state index in [1.165, 1.54) is 0 Å². The highest BCUT2D eigenvalue weighted by atomic mass is 16.5. The number of hydrogen-bond acceptors (Lipinski definition) is 5. The summed E-state index contributed by atoms with van der Waals surface area (Å²) in [5.41, 5.74) is 0. The number of hydrogen-bond donors (Lipinski definition) is 1. The van der Waals surface area contributed by atoms with Crippen molar-refractivity contribution in [2.24, 2.45) is 0 Å². The molecule has 0 radical (unpaired) electrons. The minimum Gasteiger partial charge on any atom is -0.339 e. The molecule has 0 spiro atoms. The van der Waals surface area contributed by atoms with Crippen LogP contribution in [-0.4, -0.2) is 50.3 Å². The maximum absolute atomic E-state index is 12.5. The fourth-order valence-electron chi connectivity index (χ4n) is 3.43. The second-order valence-corrected chi connectivity index (χ2v) is 7.41. The van der Waals surface area contributed by atoms with Gasteiger partial charge < -0.3 is 19.3 Å². The molecular weight excluding hydrogens is 344 g/mol. The van der Waals surface area contributed by atoms with Crippen LogP contribution in [0.1, 0.15) is 69.4 Å². The molecule has 1 saturated heterocycles. The number of nitrogens with one attached hydrogen (secondary N) is 1. The number of carbonyl (C=O) groups is 1. The van der Waals surface area contributed by atoms with Gasteiger partial charge in [0.2, 0.25) is 5.89 Å². The summed E-state index contributed by atoms with van der Waals surface area (Å²) in [6.07, 6.45) is 7.55. The third kappa shape index (κ3) is 4.87. The SMILES string of the molecule is CCc1nccn1CCCNC(=O)N1CCC[C@H](c2nc(C(C)C)no2)C1. The summed E-state index contributed by atoms with van der Waals surface area (Å²) in [6.45, 7) is 9.11. The topological polar surface area (TPSA) is 89.1 Å². The molecule has 1 aliphatic rings. The Morgan fingerprint density at radius 3 is 3.04 bits per heavy atom. The standard InChI is InChI=1S/C19H30N6O2/c1-4-16-20-9-12-24(16)11-6-8-21-19(26)25-10-5-7-15(13-25)18-22-17(14(2)3)23-27-18/h9,12,14-15H,4-8,10-11,13H2,1-3H3,(H,21,26)/t15-/m0/s1. The molecule has 0 bridgehead atoms. The van der Waals surface area contributed by atoms with Crippen molar-refractivity contribution < 1.29 is 9.32 Å². The molecule has 1 N–H and O–H groups in total. The first-order chi connectivity index (χ1) is 13.1. The predicted octanol–water partition coefficient (Wildman–Crippen LogP) is 2.93. The number of imidazole rings is 1. The molecule has 1 aliphatic heterocycles. The molecule has 3 heterocycles. The van der Waals surface area contributed by atoms with Crippen molar-refractivity contribution in [1.29, 1.82) is 0 Å². The van der Waals surface area contributed by atoms with Gasteiger partial charge in [-0.2, -0.15) is 4.98 Å². The lowest BCUT2D eigenvalue weighted by Crippen LogP contribution is -2.45. The van der Waals surface area contributed by atoms with Crippen LogP contribution in [0.4, 0.5) is 4.79 Å². The molecule has 0 aromatic carbocycles. The Kier molecular flexibility index (Phi) is 6.47. The van der Waals surface area contributed by atoms with Crippen LogP contribution in [0, 0.1) is 0 Å². The zero-order valence-corrected chi connectivity index (χ0v) is 16.5. The Hall–Kier alpha value is -2.38. The zero-order valence-electron chi connectivity index (χ0n) is 16.5. The van der Waals surface area contributed by atoms with Crippen molar-refractivity contribution in [2.45, 2.75) is 64.8 Å². The number of urea groups is 1. The van der Waals surface area contributed by atoms with Crippen LogP contribution in [-0.2, 0) is 13.0 Å². The Morgan fingerprint density at radius 1 is 1.44 bits per heavy atom. The van der Waals surface area contributed by atoms with Gasteiger partial charge in [0.25, 0.3) is 0 Å². The average Bonchev–Trinajstić information content (AvgIpc) is 3.34. The molecule has 1 fully saturated rings. The van der Waals surface area contributed by atoms with Crippen molar-refractivity contribution in [3.8, 4) is 0 Å². The van der Waals surface area contributed by atoms with E-state index in [0.29, 0.717) is 19.0 Å². The van der Waals surface area contributed by atoms with E-state index >= 15 is 0 Å². The van der Waals surface area contributed by atoms with E-state index in [1.807, 2.05) is 31.1 Å². The van der Waals surface area contributed by atoms with Crippen LogP contribution >= 0.6 is 0 Å². The molecular formula is C19H30N6O2. The van der Waals surface area contributed by atoms with Crippen molar-refractivity contribution in [3.05, 3.63) is 29.9 Å². The molecule has 0 unspecified atom stereocenters. The van der Waals surface area contributed by atoms with E-state index in [1.54, 1.807) is 0 Å². The van der Waals surface area contributed by atoms with Gasteiger partial charge in [0.15, 0.2) is 5.82 Å². The number of rotatable bonds is 7. The first-order valence-corrected chi connectivity index (χ1v) is 9.94. The van der Waals surface area contributed by atoms with Crippen LogP contribution in [0.25, 0.3) is 0 Å². The number of nitrogens with zero attached hydrogens (tertiary/aromatic N) is 5. The van der Waals surface area contributed by atoms with Crippen LogP contribution in [0.2, 0.25) is 0 Å². The van der Waals surface area contributed by atoms with E-state index in [-0.39, 0.29) is 17.9 Å². The average molecular weight is 374 g/mol. The molecule has 3 rings (SSSR count). The second kappa shape index (κ2) is 9.01. The van der Waals surface area contributed by atoms with E-state index < -0.39 is 0 Å². The van der Waals surface area contributed by atoms with Crippen molar-refractivity contribution in [3.63, 3.8) is 0 Å². The summed E-state index contributed by atoms with van der Waals surface area (Å²) in [6, 6.07) is -0.00959. The molecule has 1 atom stereocenters. The molecule has 2 aromatic rings. The fourth-order valence-corrected chi connectivity index (χ4v) is 3.43. The minimum absolute atomic E-state index is 0.00959. The Morgan fingerprint density at radius 2 is 2.30 bits per heavy atom. The summed E-state index contributed by atoms with van der Waals surface area (Å²) in [5, 5.41) is 7.08. The Bertz CT molecular complexity index is 738. The smallest absolute Gasteiger partial charge is 0.317 e. The number of aromatic nitrogens is 4. The van der Waals surface area contributed by atoms with Gasteiger partial charge >= 0.3 is 6.03 Å². The molecule has 27 heavy (non-hydrogen) atoms. The third-order valence-corrected chi connectivity index (χ3v) is 5.00. The fraction of sp³-hybridized carbons (Fsp3) is 0.684. The maximum atomic E-state index is 12.5. The van der Waals surface area contributed by atoms with E-state index in [0.717, 1.165) is 50.4 Å². The maximum Gasteiger partial charge on any atom is 0.317 e. The molecule has 8 nitrogen and oxygen atoms in total. The molecule has 8 heteroatoms. The van der Waals surface area contributed by atoms with Gasteiger partial charge in [-0.1, -0.05) is 25.9 Å². The van der Waals surface area contributed by atoms with Crippen LogP contribution in [0.15, 0.2) is 16.9 Å². The van der Waals surface area contributed by atoms with Crippen LogP contribution < -0.4 is 5.32 Å². The lowest BCUT2D eigenvalue weighted by molar-refractivity contribution is 0.172. The highest BCUT2D eigenvalue weighted by Crippen LogP contribution is 2.26. The summed E-state index contributed by atoms with van der Waals surface area (Å²) in [7, 11) is 0. The quantitative estimate of drug-likeness (QED) is 0.753. The monoisotopic (exact) mass is 374 g/mol. The van der Waals surface area contributed by atoms with Gasteiger partial charge in [-0.05, 0) is 19.3 Å². The van der Waals surface area contributed by atoms with E-state index in [2.05, 4.69) is 31.9 Å². The summed E-state index contributed by atoms with van der Waals surface area (Å²) in [5.74, 6) is 2.85. The van der Waals surface area contributed by atoms with Gasteiger partial charge in [0.1, 0.15) is 5.82 Å². The second-order valence-electron chi connectivity index (χ2n) is 7.41. The van der Waals surface area contributed by atoms with Crippen molar-refractivity contribution in [1.82, 2.24) is 29.9 Å². The van der Waals surface area contributed by atoms with E-state index in [4.69, 9.17) is 4.52 Å². The third-order valence-electron chi connectivity index (χ3n) is 5.00. The number of amides is 2. The molecule has 148 valence electrons. The molecule has 0 aliphatic carbocycles. The number of aryl methyl sites for hydroxylation is 2. The number of piperidine rings is 1. The normalized spacial score (nSPS) is 17.5. The Balaban J connectivity index is 1.45. The van der Waals surface area contributed by atoms with Crippen molar-refractivity contribution in [2.75, 3.05) is 19.6 Å². The van der Waals surface area contributed by atoms with Gasteiger partial charge in [0.05, 0.1) is 5.92 Å². The van der Waals surface area contributed by atoms with Gasteiger partial charge in [0, 0.05) is 50.9 Å². The first kappa shape index (κ1) is 19.4. The highest BCUT2D eigenvalue weighted by molar-refractivity contribution is 5.74. The summed E-state index contributed by atoms with van der Waals surface area (Å²) < 4.78 is 7.57. The molecule has 2 aromatic heterocycles.